The number of benzene rings is 2. The Morgan fingerprint density at radius 3 is 2.71 bits per heavy atom. The molecule has 3 unspecified atom stereocenters. The van der Waals surface area contributed by atoms with E-state index in [2.05, 4.69) is 49.4 Å². The second kappa shape index (κ2) is 5.23. The van der Waals surface area contributed by atoms with Crippen molar-refractivity contribution < 1.29 is 0 Å². The summed E-state index contributed by atoms with van der Waals surface area (Å²) >= 11 is 6.45. The lowest BCUT2D eigenvalue weighted by atomic mass is 9.58. The highest BCUT2D eigenvalue weighted by Crippen LogP contribution is 2.61. The van der Waals surface area contributed by atoms with Crippen molar-refractivity contribution >= 4 is 11.6 Å². The van der Waals surface area contributed by atoms with Crippen molar-refractivity contribution in [1.82, 2.24) is 0 Å². The van der Waals surface area contributed by atoms with Crippen LogP contribution in [0.25, 0.3) is 11.1 Å². The van der Waals surface area contributed by atoms with Gasteiger partial charge in [-0.1, -0.05) is 66.9 Å². The van der Waals surface area contributed by atoms with Crippen LogP contribution in [0.15, 0.2) is 54.1 Å². The van der Waals surface area contributed by atoms with Gasteiger partial charge in [0.15, 0.2) is 0 Å². The van der Waals surface area contributed by atoms with Crippen LogP contribution in [0.4, 0.5) is 0 Å². The van der Waals surface area contributed by atoms with Crippen molar-refractivity contribution in [3.63, 3.8) is 0 Å². The van der Waals surface area contributed by atoms with Gasteiger partial charge >= 0.3 is 0 Å². The van der Waals surface area contributed by atoms with Crippen LogP contribution in [0.5, 0.6) is 0 Å². The van der Waals surface area contributed by atoms with Gasteiger partial charge in [0.2, 0.25) is 0 Å². The van der Waals surface area contributed by atoms with E-state index in [0.29, 0.717) is 5.92 Å². The summed E-state index contributed by atoms with van der Waals surface area (Å²) in [5.74, 6) is 1.45. The molecule has 1 spiro atoms. The fourth-order valence-corrected chi connectivity index (χ4v) is 5.79. The van der Waals surface area contributed by atoms with E-state index in [0.717, 1.165) is 10.9 Å². The zero-order chi connectivity index (χ0) is 16.3. The Labute approximate surface area is 149 Å². The van der Waals surface area contributed by atoms with Crippen LogP contribution in [0.2, 0.25) is 5.02 Å². The lowest BCUT2D eigenvalue weighted by Gasteiger charge is -2.45. The van der Waals surface area contributed by atoms with Gasteiger partial charge in [-0.2, -0.15) is 0 Å². The van der Waals surface area contributed by atoms with Gasteiger partial charge < -0.3 is 0 Å². The van der Waals surface area contributed by atoms with E-state index in [9.17, 15) is 0 Å². The molecule has 1 heteroatoms. The Kier molecular flexibility index (Phi) is 3.22. The Balaban J connectivity index is 1.85. The summed E-state index contributed by atoms with van der Waals surface area (Å²) in [6.07, 6.45) is 9.21. The van der Waals surface area contributed by atoms with E-state index in [1.165, 1.54) is 54.4 Å². The summed E-state index contributed by atoms with van der Waals surface area (Å²) in [5.41, 5.74) is 7.57. The van der Waals surface area contributed by atoms with Gasteiger partial charge in [0.25, 0.3) is 0 Å². The fourth-order valence-electron chi connectivity index (χ4n) is 5.61. The Morgan fingerprint density at radius 1 is 0.958 bits per heavy atom. The number of halogens is 1. The van der Waals surface area contributed by atoms with Gasteiger partial charge in [-0.15, -0.1) is 0 Å². The number of hydrogen-bond acceptors (Lipinski definition) is 0. The quantitative estimate of drug-likeness (QED) is 0.467. The van der Waals surface area contributed by atoms with Crippen molar-refractivity contribution in [2.75, 3.05) is 0 Å². The van der Waals surface area contributed by atoms with Crippen LogP contribution in [0, 0.1) is 11.8 Å². The third kappa shape index (κ3) is 1.87. The minimum Gasteiger partial charge on any atom is -0.0843 e. The van der Waals surface area contributed by atoms with Crippen LogP contribution in [0.3, 0.4) is 0 Å². The molecule has 0 heterocycles. The molecule has 2 aromatic rings. The first-order valence-electron chi connectivity index (χ1n) is 9.32. The van der Waals surface area contributed by atoms with Crippen molar-refractivity contribution in [2.24, 2.45) is 11.8 Å². The summed E-state index contributed by atoms with van der Waals surface area (Å²) in [7, 11) is 0. The van der Waals surface area contributed by atoms with E-state index in [1.807, 2.05) is 6.07 Å². The van der Waals surface area contributed by atoms with E-state index in [4.69, 9.17) is 11.6 Å². The van der Waals surface area contributed by atoms with Gasteiger partial charge in [-0.25, -0.2) is 0 Å². The highest BCUT2D eigenvalue weighted by molar-refractivity contribution is 6.30. The number of allylic oxidation sites excluding steroid dienone is 2. The van der Waals surface area contributed by atoms with E-state index >= 15 is 0 Å². The molecule has 1 fully saturated rings. The van der Waals surface area contributed by atoms with Crippen LogP contribution < -0.4 is 0 Å². The average Bonchev–Trinajstić information content (AvgIpc) is 2.87. The molecule has 2 aromatic carbocycles. The maximum absolute atomic E-state index is 6.45. The smallest absolute Gasteiger partial charge is 0.0426 e. The van der Waals surface area contributed by atoms with Crippen molar-refractivity contribution in [3.8, 4) is 11.1 Å². The van der Waals surface area contributed by atoms with Gasteiger partial charge in [-0.3, -0.25) is 0 Å². The monoisotopic (exact) mass is 334 g/mol. The van der Waals surface area contributed by atoms with Crippen molar-refractivity contribution in [3.05, 3.63) is 70.3 Å². The maximum Gasteiger partial charge on any atom is 0.0426 e. The molecular weight excluding hydrogens is 312 g/mol. The number of rotatable bonds is 0. The van der Waals surface area contributed by atoms with Crippen molar-refractivity contribution in [2.45, 2.75) is 44.4 Å². The Hall–Kier alpha value is -1.53. The molecule has 3 atom stereocenters. The molecule has 0 saturated heterocycles. The van der Waals surface area contributed by atoms with Crippen LogP contribution in [-0.4, -0.2) is 0 Å². The molecule has 122 valence electrons. The SMILES string of the molecule is CC1C=C2C(CCCC23c2ccccc2-c2ccc(Cl)cc23)CC1. The van der Waals surface area contributed by atoms with Gasteiger partial charge in [0, 0.05) is 10.4 Å². The molecule has 5 rings (SSSR count). The molecule has 3 aliphatic carbocycles. The molecule has 0 amide bonds. The molecule has 0 aromatic heterocycles. The van der Waals surface area contributed by atoms with Crippen molar-refractivity contribution in [1.29, 1.82) is 0 Å². The first kappa shape index (κ1) is 14.8. The molecule has 1 saturated carbocycles. The molecule has 0 radical (unpaired) electrons. The van der Waals surface area contributed by atoms with Crippen LogP contribution in [0.1, 0.15) is 50.2 Å². The van der Waals surface area contributed by atoms with Crippen LogP contribution in [-0.2, 0) is 5.41 Å². The predicted molar refractivity (Wildman–Crippen MR) is 101 cm³/mol. The number of hydrogen-bond donors (Lipinski definition) is 0. The summed E-state index contributed by atoms with van der Waals surface area (Å²) < 4.78 is 0. The normalized spacial score (nSPS) is 30.5. The average molecular weight is 335 g/mol. The molecule has 0 bridgehead atoms. The first-order chi connectivity index (χ1) is 11.7. The molecule has 0 nitrogen and oxygen atoms in total. The summed E-state index contributed by atoms with van der Waals surface area (Å²) in [4.78, 5) is 0. The highest BCUT2D eigenvalue weighted by atomic mass is 35.5. The zero-order valence-corrected chi connectivity index (χ0v) is 14.9. The topological polar surface area (TPSA) is 0 Å². The van der Waals surface area contributed by atoms with E-state index < -0.39 is 0 Å². The molecule has 3 aliphatic rings. The first-order valence-corrected chi connectivity index (χ1v) is 9.70. The van der Waals surface area contributed by atoms with Gasteiger partial charge in [-0.05, 0) is 71.9 Å². The lowest BCUT2D eigenvalue weighted by molar-refractivity contribution is 0.311. The zero-order valence-electron chi connectivity index (χ0n) is 14.2. The maximum atomic E-state index is 6.45. The molecule has 0 N–H and O–H groups in total. The highest BCUT2D eigenvalue weighted by Gasteiger charge is 2.50. The summed E-state index contributed by atoms with van der Waals surface area (Å²) in [5, 5.41) is 0.868. The van der Waals surface area contributed by atoms with Gasteiger partial charge in [0.1, 0.15) is 0 Å². The Morgan fingerprint density at radius 2 is 1.79 bits per heavy atom. The van der Waals surface area contributed by atoms with Crippen LogP contribution >= 0.6 is 11.6 Å². The van der Waals surface area contributed by atoms with E-state index in [-0.39, 0.29) is 5.41 Å². The molecule has 24 heavy (non-hydrogen) atoms. The minimum absolute atomic E-state index is 0.0778. The largest absolute Gasteiger partial charge is 0.0843 e. The van der Waals surface area contributed by atoms with Gasteiger partial charge in [0.05, 0.1) is 0 Å². The summed E-state index contributed by atoms with van der Waals surface area (Å²) in [6.45, 7) is 2.38. The lowest BCUT2D eigenvalue weighted by Crippen LogP contribution is -2.37. The second-order valence-electron chi connectivity index (χ2n) is 7.91. The summed E-state index contributed by atoms with van der Waals surface area (Å²) in [6, 6.07) is 15.6. The molecule has 0 aliphatic heterocycles. The predicted octanol–water partition coefficient (Wildman–Crippen LogP) is 6.76. The third-order valence-electron chi connectivity index (χ3n) is 6.59. The number of fused-ring (bicyclic) bond motifs is 7. The Bertz CT molecular complexity index is 847. The fraction of sp³-hybridized carbons (Fsp3) is 0.391. The molecular formula is C23H23Cl. The minimum atomic E-state index is 0.0778. The third-order valence-corrected chi connectivity index (χ3v) is 6.83. The standard InChI is InChI=1S/C23H23Cl/c1-15-8-9-16-5-4-12-23(21(16)13-15)20-7-3-2-6-18(20)19-11-10-17(24)14-22(19)23/h2-3,6-7,10-11,13-16H,4-5,8-9,12H2,1H3. The second-order valence-corrected chi connectivity index (χ2v) is 8.34. The van der Waals surface area contributed by atoms with E-state index in [1.54, 1.807) is 5.57 Å².